The van der Waals surface area contributed by atoms with E-state index in [4.69, 9.17) is 4.74 Å². The van der Waals surface area contributed by atoms with E-state index in [1.807, 2.05) is 0 Å². The van der Waals surface area contributed by atoms with Crippen molar-refractivity contribution in [3.63, 3.8) is 0 Å². The van der Waals surface area contributed by atoms with Crippen molar-refractivity contribution in [3.05, 3.63) is 24.0 Å². The van der Waals surface area contributed by atoms with Crippen molar-refractivity contribution in [2.45, 2.75) is 45.6 Å². The molecule has 19 heavy (non-hydrogen) atoms. The summed E-state index contributed by atoms with van der Waals surface area (Å²) in [6, 6.07) is 5.24. The van der Waals surface area contributed by atoms with E-state index >= 15 is 0 Å². The van der Waals surface area contributed by atoms with Gasteiger partial charge >= 0.3 is 0 Å². The van der Waals surface area contributed by atoms with E-state index < -0.39 is 0 Å². The molecule has 1 N–H and O–H groups in total. The summed E-state index contributed by atoms with van der Waals surface area (Å²) >= 11 is 0. The molecule has 0 spiro atoms. The molecule has 0 radical (unpaired) electrons. The molecule has 0 aromatic heterocycles. The molecular formula is C16H24FNO. The van der Waals surface area contributed by atoms with Crippen molar-refractivity contribution in [1.82, 2.24) is 0 Å². The van der Waals surface area contributed by atoms with E-state index in [0.717, 1.165) is 6.42 Å². The molecule has 2 nitrogen and oxygen atoms in total. The van der Waals surface area contributed by atoms with Gasteiger partial charge in [-0.15, -0.1) is 0 Å². The summed E-state index contributed by atoms with van der Waals surface area (Å²) in [5.74, 6) is 1.75. The predicted octanol–water partition coefficient (Wildman–Crippen LogP) is 4.46. The number of hydrogen-bond acceptors (Lipinski definition) is 2. The Balaban J connectivity index is 2.14. The maximum atomic E-state index is 13.9. The summed E-state index contributed by atoms with van der Waals surface area (Å²) < 4.78 is 19.0. The second kappa shape index (κ2) is 6.27. The molecule has 1 fully saturated rings. The van der Waals surface area contributed by atoms with Crippen LogP contribution in [0.5, 0.6) is 5.75 Å². The maximum Gasteiger partial charge on any atom is 0.146 e. The minimum Gasteiger partial charge on any atom is -0.497 e. The molecule has 0 heterocycles. The quantitative estimate of drug-likeness (QED) is 0.867. The molecule has 3 heteroatoms. The van der Waals surface area contributed by atoms with Gasteiger partial charge in [0.25, 0.3) is 0 Å². The van der Waals surface area contributed by atoms with Crippen LogP contribution in [0.25, 0.3) is 0 Å². The molecule has 1 aromatic rings. The second-order valence-corrected chi connectivity index (χ2v) is 5.79. The summed E-state index contributed by atoms with van der Waals surface area (Å²) in [4.78, 5) is 0. The normalized spacial score (nSPS) is 23.4. The predicted molar refractivity (Wildman–Crippen MR) is 77.2 cm³/mol. The standard InChI is InChI=1S/C16H24FNO/c1-11(2)13-6-4-5-7-15(13)18-16-10-12(19-3)8-9-14(16)17/h8-11,13,15,18H,4-7H2,1-3H3. The van der Waals surface area contributed by atoms with Gasteiger partial charge in [0.2, 0.25) is 0 Å². The maximum absolute atomic E-state index is 13.9. The molecule has 2 rings (SSSR count). The van der Waals surface area contributed by atoms with Gasteiger partial charge in [-0.25, -0.2) is 4.39 Å². The summed E-state index contributed by atoms with van der Waals surface area (Å²) in [5.41, 5.74) is 0.567. The smallest absolute Gasteiger partial charge is 0.146 e. The zero-order valence-electron chi connectivity index (χ0n) is 12.1. The molecule has 0 bridgehead atoms. The Labute approximate surface area is 115 Å². The van der Waals surface area contributed by atoms with E-state index in [0.29, 0.717) is 29.3 Å². The fourth-order valence-electron chi connectivity index (χ4n) is 3.08. The van der Waals surface area contributed by atoms with E-state index in [-0.39, 0.29) is 5.82 Å². The Morgan fingerprint density at radius 1 is 1.26 bits per heavy atom. The Morgan fingerprint density at radius 3 is 2.68 bits per heavy atom. The van der Waals surface area contributed by atoms with Crippen LogP contribution < -0.4 is 10.1 Å². The molecule has 0 aliphatic heterocycles. The van der Waals surface area contributed by atoms with Crippen LogP contribution in [0.3, 0.4) is 0 Å². The Kier molecular flexibility index (Phi) is 4.67. The zero-order chi connectivity index (χ0) is 13.8. The number of anilines is 1. The summed E-state index contributed by atoms with van der Waals surface area (Å²) in [6.45, 7) is 4.51. The largest absolute Gasteiger partial charge is 0.497 e. The number of nitrogens with one attached hydrogen (secondary N) is 1. The van der Waals surface area contributed by atoms with E-state index in [1.165, 1.54) is 25.3 Å². The number of rotatable bonds is 4. The average Bonchev–Trinajstić information content (AvgIpc) is 2.41. The lowest BCUT2D eigenvalue weighted by Crippen LogP contribution is -2.35. The lowest BCUT2D eigenvalue weighted by molar-refractivity contribution is 0.253. The SMILES string of the molecule is COc1ccc(F)c(NC2CCCCC2C(C)C)c1. The fraction of sp³-hybridized carbons (Fsp3) is 0.625. The first-order chi connectivity index (χ1) is 9.11. The minimum absolute atomic E-state index is 0.200. The summed E-state index contributed by atoms with van der Waals surface area (Å²) in [7, 11) is 1.61. The van der Waals surface area contributed by atoms with E-state index in [1.54, 1.807) is 19.2 Å². The topological polar surface area (TPSA) is 21.3 Å². The highest BCUT2D eigenvalue weighted by atomic mass is 19.1. The molecule has 2 unspecified atom stereocenters. The number of ether oxygens (including phenoxy) is 1. The van der Waals surface area contributed by atoms with Gasteiger partial charge < -0.3 is 10.1 Å². The van der Waals surface area contributed by atoms with Crippen LogP contribution in [-0.4, -0.2) is 13.2 Å². The first-order valence-corrected chi connectivity index (χ1v) is 7.22. The highest BCUT2D eigenvalue weighted by molar-refractivity contribution is 5.50. The number of hydrogen-bond donors (Lipinski definition) is 1. The Hall–Kier alpha value is -1.25. The van der Waals surface area contributed by atoms with Crippen molar-refractivity contribution in [3.8, 4) is 5.75 Å². The van der Waals surface area contributed by atoms with Gasteiger partial charge in [0.1, 0.15) is 11.6 Å². The van der Waals surface area contributed by atoms with Crippen LogP contribution in [0.4, 0.5) is 10.1 Å². The number of benzene rings is 1. The lowest BCUT2D eigenvalue weighted by Gasteiger charge is -2.35. The minimum atomic E-state index is -0.200. The van der Waals surface area contributed by atoms with E-state index in [2.05, 4.69) is 19.2 Å². The molecule has 106 valence electrons. The third kappa shape index (κ3) is 3.40. The summed E-state index contributed by atoms with van der Waals surface area (Å²) in [5, 5.41) is 3.40. The third-order valence-electron chi connectivity index (χ3n) is 4.19. The van der Waals surface area contributed by atoms with Crippen LogP contribution >= 0.6 is 0 Å². The van der Waals surface area contributed by atoms with Crippen molar-refractivity contribution < 1.29 is 9.13 Å². The van der Waals surface area contributed by atoms with Gasteiger partial charge in [-0.2, -0.15) is 0 Å². The first kappa shape index (κ1) is 14.2. The Morgan fingerprint density at radius 2 is 2.00 bits per heavy atom. The van der Waals surface area contributed by atoms with Crippen LogP contribution in [0.1, 0.15) is 39.5 Å². The third-order valence-corrected chi connectivity index (χ3v) is 4.19. The molecule has 2 atom stereocenters. The van der Waals surface area contributed by atoms with Crippen LogP contribution in [-0.2, 0) is 0 Å². The van der Waals surface area contributed by atoms with Crippen LogP contribution in [0.2, 0.25) is 0 Å². The van der Waals surface area contributed by atoms with Gasteiger partial charge in [-0.1, -0.05) is 26.7 Å². The van der Waals surface area contributed by atoms with Crippen molar-refractivity contribution in [2.24, 2.45) is 11.8 Å². The molecular weight excluding hydrogens is 241 g/mol. The average molecular weight is 265 g/mol. The highest BCUT2D eigenvalue weighted by Crippen LogP contribution is 2.33. The molecule has 1 saturated carbocycles. The van der Waals surface area contributed by atoms with Crippen molar-refractivity contribution >= 4 is 5.69 Å². The number of halogens is 1. The van der Waals surface area contributed by atoms with Gasteiger partial charge in [0.15, 0.2) is 0 Å². The van der Waals surface area contributed by atoms with Gasteiger partial charge in [0.05, 0.1) is 12.8 Å². The van der Waals surface area contributed by atoms with Crippen molar-refractivity contribution in [2.75, 3.05) is 12.4 Å². The van der Waals surface area contributed by atoms with Gasteiger partial charge in [0, 0.05) is 12.1 Å². The van der Waals surface area contributed by atoms with Gasteiger partial charge in [-0.3, -0.25) is 0 Å². The first-order valence-electron chi connectivity index (χ1n) is 7.22. The molecule has 1 aromatic carbocycles. The van der Waals surface area contributed by atoms with E-state index in [9.17, 15) is 4.39 Å². The van der Waals surface area contributed by atoms with Crippen molar-refractivity contribution in [1.29, 1.82) is 0 Å². The highest BCUT2D eigenvalue weighted by Gasteiger charge is 2.27. The van der Waals surface area contributed by atoms with Gasteiger partial charge in [-0.05, 0) is 36.8 Å². The molecule has 1 aliphatic rings. The molecule has 1 aliphatic carbocycles. The zero-order valence-corrected chi connectivity index (χ0v) is 12.1. The molecule has 0 amide bonds. The number of methoxy groups -OCH3 is 1. The monoisotopic (exact) mass is 265 g/mol. The molecule has 0 saturated heterocycles. The lowest BCUT2D eigenvalue weighted by atomic mass is 9.78. The van der Waals surface area contributed by atoms with Crippen LogP contribution in [0, 0.1) is 17.7 Å². The second-order valence-electron chi connectivity index (χ2n) is 5.79. The fourth-order valence-corrected chi connectivity index (χ4v) is 3.08. The summed E-state index contributed by atoms with van der Waals surface area (Å²) in [6.07, 6.45) is 4.88. The Bertz CT molecular complexity index is 419. The van der Waals surface area contributed by atoms with Crippen LogP contribution in [0.15, 0.2) is 18.2 Å².